The number of aliphatic hydroxyl groups excluding tert-OH is 1. The van der Waals surface area contributed by atoms with Gasteiger partial charge in [0.25, 0.3) is 0 Å². The Labute approximate surface area is 208 Å². The second-order valence-electron chi connectivity index (χ2n) is 9.78. The van der Waals surface area contributed by atoms with Crippen LogP contribution in [-0.2, 0) is 4.74 Å². The van der Waals surface area contributed by atoms with Crippen molar-refractivity contribution < 1.29 is 28.2 Å². The van der Waals surface area contributed by atoms with E-state index in [1.807, 2.05) is 6.07 Å². The first kappa shape index (κ1) is 24.4. The van der Waals surface area contributed by atoms with Crippen LogP contribution in [0.1, 0.15) is 41.6 Å². The predicted octanol–water partition coefficient (Wildman–Crippen LogP) is 5.02. The quantitative estimate of drug-likeness (QED) is 0.272. The number of carbonyl (C=O) groups is 1. The predicted molar refractivity (Wildman–Crippen MR) is 130 cm³/mol. The maximum atomic E-state index is 12.9. The Kier molecular flexibility index (Phi) is 7.00. The molecule has 9 heteroatoms. The van der Waals surface area contributed by atoms with Crippen LogP contribution in [0.2, 0.25) is 0 Å². The smallest absolute Gasteiger partial charge is 0.387 e. The Morgan fingerprint density at radius 2 is 1.89 bits per heavy atom. The highest BCUT2D eigenvalue weighted by atomic mass is 19.3. The fourth-order valence-electron chi connectivity index (χ4n) is 5.33. The number of halogens is 2. The van der Waals surface area contributed by atoms with Crippen molar-refractivity contribution in [3.63, 3.8) is 0 Å². The molecule has 2 saturated carbocycles. The number of allylic oxidation sites excluding steroid dienone is 1. The number of aldehydes is 1. The minimum Gasteiger partial charge on any atom is -0.512 e. The van der Waals surface area contributed by atoms with E-state index >= 15 is 0 Å². The number of fused-ring (bicyclic) bond motifs is 1. The summed E-state index contributed by atoms with van der Waals surface area (Å²) in [5.41, 5.74) is 1.04. The second-order valence-corrected chi connectivity index (χ2v) is 9.78. The minimum atomic E-state index is -3.00. The summed E-state index contributed by atoms with van der Waals surface area (Å²) in [5, 5.41) is 19.5. The molecule has 0 spiro atoms. The molecule has 1 aromatic heterocycles. The van der Waals surface area contributed by atoms with Gasteiger partial charge in [-0.1, -0.05) is 12.1 Å². The first-order valence-corrected chi connectivity index (χ1v) is 12.3. The van der Waals surface area contributed by atoms with Crippen molar-refractivity contribution in [2.24, 2.45) is 17.8 Å². The Bertz CT molecular complexity index is 1140. The van der Waals surface area contributed by atoms with Crippen molar-refractivity contribution in [2.75, 3.05) is 24.6 Å². The Morgan fingerprint density at radius 1 is 1.17 bits per heavy atom. The van der Waals surface area contributed by atoms with Crippen LogP contribution in [0.4, 0.5) is 14.6 Å². The first-order valence-electron chi connectivity index (χ1n) is 12.3. The van der Waals surface area contributed by atoms with Crippen LogP contribution in [-0.4, -0.2) is 54.5 Å². The molecule has 2 aliphatic carbocycles. The maximum Gasteiger partial charge on any atom is 0.387 e. The number of ether oxygens (including phenoxy) is 2. The molecular formula is C27H29F2N3O4. The largest absolute Gasteiger partial charge is 0.512 e. The van der Waals surface area contributed by atoms with E-state index in [1.54, 1.807) is 30.5 Å². The summed E-state index contributed by atoms with van der Waals surface area (Å²) in [4.78, 5) is 17.5. The van der Waals surface area contributed by atoms with E-state index in [1.165, 1.54) is 6.07 Å². The van der Waals surface area contributed by atoms with E-state index in [4.69, 9.17) is 10.1 Å². The number of nitrogens with one attached hydrogen (secondary N) is 1. The highest BCUT2D eigenvalue weighted by molar-refractivity contribution is 6.12. The molecule has 0 radical (unpaired) electrons. The lowest BCUT2D eigenvalue weighted by Gasteiger charge is -2.21. The number of pyridine rings is 1. The number of carbonyl (C=O) groups excluding carboxylic acids is 1. The summed E-state index contributed by atoms with van der Waals surface area (Å²) in [7, 11) is 0. The van der Waals surface area contributed by atoms with Crippen LogP contribution in [0.25, 0.3) is 0 Å². The van der Waals surface area contributed by atoms with Gasteiger partial charge < -0.3 is 19.5 Å². The third kappa shape index (κ3) is 5.26. The van der Waals surface area contributed by atoms with Crippen molar-refractivity contribution in [2.45, 2.75) is 38.4 Å². The van der Waals surface area contributed by atoms with Gasteiger partial charge in [0.2, 0.25) is 0 Å². The van der Waals surface area contributed by atoms with E-state index in [2.05, 4.69) is 14.6 Å². The third-order valence-corrected chi connectivity index (χ3v) is 7.35. The van der Waals surface area contributed by atoms with Crippen LogP contribution in [0.15, 0.2) is 53.9 Å². The first-order chi connectivity index (χ1) is 17.4. The van der Waals surface area contributed by atoms with E-state index in [9.17, 15) is 18.7 Å². The van der Waals surface area contributed by atoms with Crippen LogP contribution < -0.4 is 9.64 Å². The van der Waals surface area contributed by atoms with Gasteiger partial charge in [0.1, 0.15) is 17.3 Å². The van der Waals surface area contributed by atoms with Crippen LogP contribution >= 0.6 is 0 Å². The van der Waals surface area contributed by atoms with Gasteiger partial charge in [0.05, 0.1) is 18.4 Å². The maximum absolute atomic E-state index is 12.9. The fraction of sp³-hybridized carbons (Fsp3) is 0.444. The molecule has 1 aliphatic heterocycles. The molecule has 2 heterocycles. The lowest BCUT2D eigenvalue weighted by molar-refractivity contribution is -0.0499. The van der Waals surface area contributed by atoms with Crippen molar-refractivity contribution >= 4 is 17.8 Å². The lowest BCUT2D eigenvalue weighted by Crippen LogP contribution is -2.25. The molecule has 5 rings (SSSR count). The molecule has 2 aromatic rings. The Hall–Kier alpha value is -3.33. The zero-order valence-electron chi connectivity index (χ0n) is 19.8. The summed E-state index contributed by atoms with van der Waals surface area (Å²) >= 11 is 0. The number of benzene rings is 1. The summed E-state index contributed by atoms with van der Waals surface area (Å²) < 4.78 is 36.6. The summed E-state index contributed by atoms with van der Waals surface area (Å²) in [6.07, 6.45) is 5.77. The topological polar surface area (TPSA) is 95.7 Å². The summed E-state index contributed by atoms with van der Waals surface area (Å²) in [6, 6.07) is 9.81. The van der Waals surface area contributed by atoms with E-state index in [0.29, 0.717) is 23.0 Å². The summed E-state index contributed by atoms with van der Waals surface area (Å²) in [5.74, 6) is 1.77. The van der Waals surface area contributed by atoms with Crippen LogP contribution in [0, 0.1) is 23.2 Å². The van der Waals surface area contributed by atoms with Gasteiger partial charge in [-0.2, -0.15) is 8.78 Å². The molecule has 2 N–H and O–H groups in total. The molecule has 3 aliphatic rings. The average molecular weight is 498 g/mol. The highest BCUT2D eigenvalue weighted by Gasteiger charge is 2.42. The fourth-order valence-corrected chi connectivity index (χ4v) is 5.33. The molecule has 1 aromatic carbocycles. The molecule has 0 bridgehead atoms. The number of anilines is 1. The number of aliphatic hydroxyl groups is 1. The third-order valence-electron chi connectivity index (χ3n) is 7.35. The van der Waals surface area contributed by atoms with Crippen molar-refractivity contribution in [1.82, 2.24) is 4.98 Å². The Balaban J connectivity index is 1.23. The van der Waals surface area contributed by atoms with Gasteiger partial charge in [0.15, 0.2) is 6.29 Å². The van der Waals surface area contributed by atoms with Crippen molar-refractivity contribution in [3.8, 4) is 5.75 Å². The lowest BCUT2D eigenvalue weighted by atomic mass is 9.99. The Morgan fingerprint density at radius 3 is 2.50 bits per heavy atom. The number of para-hydroxylation sites is 1. The summed E-state index contributed by atoms with van der Waals surface area (Å²) in [6.45, 7) is -1.23. The van der Waals surface area contributed by atoms with Gasteiger partial charge in [-0.25, -0.2) is 4.98 Å². The monoisotopic (exact) mass is 497 g/mol. The number of rotatable bonds is 10. The van der Waals surface area contributed by atoms with Crippen LogP contribution in [0.5, 0.6) is 5.75 Å². The van der Waals surface area contributed by atoms with Gasteiger partial charge in [0, 0.05) is 41.9 Å². The number of hydrogen-bond acceptors (Lipinski definition) is 7. The standard InChI is InChI=1S/C27H29F2N3O4/c28-27(29)36-23-4-2-1-3-21(23)25(30)22(26(34)17-6-7-17)15-35-20-9-18-12-32(13-19(18)10-20)24-8-5-16(14-33)11-31-24/h1-5,8,11,14,17-20,27,30,34H,6-7,9-10,12-13,15H2/b26-22-,30-25?/t18-,19?,20+/m0/s1. The van der Waals surface area contributed by atoms with Gasteiger partial charge in [-0.3, -0.25) is 10.2 Å². The van der Waals surface area contributed by atoms with Crippen molar-refractivity contribution in [3.05, 3.63) is 65.1 Å². The van der Waals surface area contributed by atoms with E-state index in [0.717, 1.165) is 50.9 Å². The van der Waals surface area contributed by atoms with E-state index in [-0.39, 0.29) is 41.4 Å². The van der Waals surface area contributed by atoms with E-state index < -0.39 is 6.61 Å². The minimum absolute atomic E-state index is 0.00471. The van der Waals surface area contributed by atoms with Gasteiger partial charge in [-0.05, 0) is 61.8 Å². The molecule has 190 valence electrons. The normalized spacial score (nSPS) is 24.0. The zero-order chi connectivity index (χ0) is 25.2. The highest BCUT2D eigenvalue weighted by Crippen LogP contribution is 2.42. The van der Waals surface area contributed by atoms with Gasteiger partial charge >= 0.3 is 6.61 Å². The molecular weight excluding hydrogens is 468 g/mol. The van der Waals surface area contributed by atoms with Crippen LogP contribution in [0.3, 0.4) is 0 Å². The number of hydrogen-bond donors (Lipinski definition) is 2. The molecule has 36 heavy (non-hydrogen) atoms. The van der Waals surface area contributed by atoms with Gasteiger partial charge in [-0.15, -0.1) is 0 Å². The number of nitrogens with zero attached hydrogens (tertiary/aromatic N) is 2. The number of aromatic nitrogens is 1. The van der Waals surface area contributed by atoms with Crippen molar-refractivity contribution in [1.29, 1.82) is 5.41 Å². The number of alkyl halides is 2. The molecule has 1 saturated heterocycles. The zero-order valence-corrected chi connectivity index (χ0v) is 19.8. The molecule has 3 fully saturated rings. The molecule has 1 unspecified atom stereocenters. The molecule has 7 nitrogen and oxygen atoms in total. The average Bonchev–Trinajstić information content (AvgIpc) is 3.55. The molecule has 0 amide bonds. The SMILES string of the molecule is N=C(/C(CO[C@H]1CC2CN(c3ccc(C=O)cn3)C[C@@H]2C1)=C(\O)C1CC1)c1ccccc1OC(F)F. The second kappa shape index (κ2) is 10.3. The molecule has 3 atom stereocenters.